The molecule has 0 unspecified atom stereocenters. The topological polar surface area (TPSA) is 86.8 Å². The molecule has 0 aliphatic rings. The van der Waals surface area contributed by atoms with Gasteiger partial charge in [0.15, 0.2) is 0 Å². The Hall–Kier alpha value is -3.56. The number of carbonyl (C=O) groups excluding carboxylic acids is 2. The summed E-state index contributed by atoms with van der Waals surface area (Å²) in [6.07, 6.45) is 0.197. The van der Waals surface area contributed by atoms with Gasteiger partial charge in [-0.1, -0.05) is 95.0 Å². The maximum atomic E-state index is 14.3. The van der Waals surface area contributed by atoms with Crippen molar-refractivity contribution in [1.29, 1.82) is 0 Å². The van der Waals surface area contributed by atoms with Crippen molar-refractivity contribution >= 4 is 62.3 Å². The minimum absolute atomic E-state index is 0.0165. The standard InChI is InChI=1S/C32H30Cl3N3O4S/c1-22-8-15-27(16-9-22)43(41,42)38(29-19-26(34)14-17-28(29)35)21-31(39)37(20-24-10-12-25(33)13-11-24)30(32(40)36-2)18-23-6-4-3-5-7-23/h3-17,19,30H,18,20-21H2,1-2H3,(H,36,40)/t30-/m0/s1. The molecule has 224 valence electrons. The van der Waals surface area contributed by atoms with Crippen molar-refractivity contribution in [2.75, 3.05) is 17.9 Å². The third-order valence-electron chi connectivity index (χ3n) is 6.85. The fraction of sp³-hybridized carbons (Fsp3) is 0.188. The normalized spacial score (nSPS) is 11.9. The van der Waals surface area contributed by atoms with Gasteiger partial charge >= 0.3 is 0 Å². The Balaban J connectivity index is 1.81. The number of carbonyl (C=O) groups is 2. The molecule has 11 heteroatoms. The molecule has 4 aromatic carbocycles. The maximum absolute atomic E-state index is 14.3. The van der Waals surface area contributed by atoms with E-state index in [1.807, 2.05) is 37.3 Å². The smallest absolute Gasteiger partial charge is 0.264 e. The summed E-state index contributed by atoms with van der Waals surface area (Å²) in [7, 11) is -2.81. The van der Waals surface area contributed by atoms with Crippen LogP contribution >= 0.6 is 34.8 Å². The summed E-state index contributed by atoms with van der Waals surface area (Å²) in [6, 6.07) is 25.8. The number of hydrogen-bond donors (Lipinski definition) is 1. The number of sulfonamides is 1. The first-order valence-corrected chi connectivity index (χ1v) is 15.9. The van der Waals surface area contributed by atoms with E-state index in [2.05, 4.69) is 5.32 Å². The molecule has 1 N–H and O–H groups in total. The Bertz CT molecular complexity index is 1680. The minimum Gasteiger partial charge on any atom is -0.357 e. The lowest BCUT2D eigenvalue weighted by Crippen LogP contribution is -2.53. The molecule has 0 heterocycles. The van der Waals surface area contributed by atoms with E-state index in [-0.39, 0.29) is 33.6 Å². The lowest BCUT2D eigenvalue weighted by Gasteiger charge is -2.33. The van der Waals surface area contributed by atoms with Crippen LogP contribution in [0.2, 0.25) is 15.1 Å². The van der Waals surface area contributed by atoms with Crippen LogP contribution < -0.4 is 9.62 Å². The van der Waals surface area contributed by atoms with Crippen molar-refractivity contribution in [3.8, 4) is 0 Å². The first kappa shape index (κ1) is 32.4. The van der Waals surface area contributed by atoms with Gasteiger partial charge in [0.25, 0.3) is 10.0 Å². The molecule has 2 amide bonds. The summed E-state index contributed by atoms with van der Waals surface area (Å²) in [5.41, 5.74) is 2.43. The van der Waals surface area contributed by atoms with Crippen LogP contribution in [0.4, 0.5) is 5.69 Å². The van der Waals surface area contributed by atoms with Crippen molar-refractivity contribution in [3.63, 3.8) is 0 Å². The van der Waals surface area contributed by atoms with Crippen LogP contribution in [0.5, 0.6) is 0 Å². The average molecular weight is 659 g/mol. The highest BCUT2D eigenvalue weighted by Crippen LogP contribution is 2.33. The van der Waals surface area contributed by atoms with Crippen LogP contribution in [0.15, 0.2) is 102 Å². The molecule has 4 aromatic rings. The molecule has 0 spiro atoms. The van der Waals surface area contributed by atoms with E-state index in [4.69, 9.17) is 34.8 Å². The minimum atomic E-state index is -4.30. The van der Waals surface area contributed by atoms with Gasteiger partial charge in [-0.2, -0.15) is 0 Å². The summed E-state index contributed by atoms with van der Waals surface area (Å²) in [5, 5.41) is 3.49. The quantitative estimate of drug-likeness (QED) is 0.198. The van der Waals surface area contributed by atoms with Crippen LogP contribution in [0, 0.1) is 6.92 Å². The molecule has 0 aliphatic heterocycles. The molecule has 0 bridgehead atoms. The number of hydrogen-bond acceptors (Lipinski definition) is 4. The van der Waals surface area contributed by atoms with Crippen molar-refractivity contribution < 1.29 is 18.0 Å². The van der Waals surface area contributed by atoms with Crippen molar-refractivity contribution in [2.45, 2.75) is 30.8 Å². The van der Waals surface area contributed by atoms with Crippen molar-refractivity contribution in [3.05, 3.63) is 129 Å². The van der Waals surface area contributed by atoms with Gasteiger partial charge in [0.2, 0.25) is 11.8 Å². The van der Waals surface area contributed by atoms with Gasteiger partial charge in [0, 0.05) is 30.1 Å². The average Bonchev–Trinajstić information content (AvgIpc) is 3.00. The zero-order valence-corrected chi connectivity index (χ0v) is 26.6. The fourth-order valence-corrected chi connectivity index (χ4v) is 6.52. The van der Waals surface area contributed by atoms with Gasteiger partial charge in [-0.15, -0.1) is 0 Å². The number of nitrogens with one attached hydrogen (secondary N) is 1. The van der Waals surface area contributed by atoms with E-state index >= 15 is 0 Å². The maximum Gasteiger partial charge on any atom is 0.264 e. The summed E-state index contributed by atoms with van der Waals surface area (Å²) < 4.78 is 29.1. The molecular weight excluding hydrogens is 629 g/mol. The summed E-state index contributed by atoms with van der Waals surface area (Å²) in [6.45, 7) is 1.21. The van der Waals surface area contributed by atoms with Gasteiger partial charge in [0.05, 0.1) is 15.6 Å². The van der Waals surface area contributed by atoms with Crippen LogP contribution in [0.3, 0.4) is 0 Å². The summed E-state index contributed by atoms with van der Waals surface area (Å²) in [4.78, 5) is 29.0. The van der Waals surface area contributed by atoms with E-state index in [1.54, 1.807) is 36.4 Å². The highest BCUT2D eigenvalue weighted by Gasteiger charge is 2.35. The molecule has 43 heavy (non-hydrogen) atoms. The van der Waals surface area contributed by atoms with Crippen LogP contribution in [-0.2, 0) is 32.6 Å². The molecule has 1 atom stereocenters. The monoisotopic (exact) mass is 657 g/mol. The number of halogens is 3. The van der Waals surface area contributed by atoms with E-state index in [9.17, 15) is 18.0 Å². The van der Waals surface area contributed by atoms with Crippen LogP contribution in [0.25, 0.3) is 0 Å². The molecule has 0 saturated carbocycles. The Morgan fingerprint density at radius 3 is 2.07 bits per heavy atom. The first-order chi connectivity index (χ1) is 20.5. The molecule has 7 nitrogen and oxygen atoms in total. The molecule has 4 rings (SSSR count). The van der Waals surface area contributed by atoms with Gasteiger partial charge in [-0.05, 0) is 60.5 Å². The molecule has 0 fully saturated rings. The lowest BCUT2D eigenvalue weighted by atomic mass is 10.0. The highest BCUT2D eigenvalue weighted by atomic mass is 35.5. The fourth-order valence-electron chi connectivity index (χ4n) is 4.53. The molecule has 0 aromatic heterocycles. The van der Waals surface area contributed by atoms with Crippen molar-refractivity contribution in [2.24, 2.45) is 0 Å². The zero-order chi connectivity index (χ0) is 31.1. The second-order valence-electron chi connectivity index (χ2n) is 9.89. The number of amides is 2. The Labute approximate surface area is 267 Å². The number of aryl methyl sites for hydroxylation is 1. The SMILES string of the molecule is CNC(=O)[C@H](Cc1ccccc1)N(Cc1ccc(Cl)cc1)C(=O)CN(c1cc(Cl)ccc1Cl)S(=O)(=O)c1ccc(C)cc1. The summed E-state index contributed by atoms with van der Waals surface area (Å²) in [5.74, 6) is -1.02. The largest absolute Gasteiger partial charge is 0.357 e. The predicted octanol–water partition coefficient (Wildman–Crippen LogP) is 6.54. The molecule has 0 saturated heterocycles. The number of rotatable bonds is 11. The van der Waals surface area contributed by atoms with Gasteiger partial charge in [-0.25, -0.2) is 8.42 Å². The van der Waals surface area contributed by atoms with E-state index in [1.165, 1.54) is 42.3 Å². The van der Waals surface area contributed by atoms with Gasteiger partial charge < -0.3 is 10.2 Å². The second-order valence-corrected chi connectivity index (χ2v) is 13.0. The van der Waals surface area contributed by atoms with E-state index in [0.717, 1.165) is 15.4 Å². The van der Waals surface area contributed by atoms with Gasteiger partial charge in [-0.3, -0.25) is 13.9 Å². The molecular formula is C32H30Cl3N3O4S. The third kappa shape index (κ3) is 8.09. The lowest BCUT2D eigenvalue weighted by molar-refractivity contribution is -0.139. The predicted molar refractivity (Wildman–Crippen MR) is 172 cm³/mol. The number of likely N-dealkylation sites (N-methyl/N-ethyl adjacent to an activating group) is 1. The number of nitrogens with zero attached hydrogens (tertiary/aromatic N) is 2. The third-order valence-corrected chi connectivity index (χ3v) is 9.43. The Morgan fingerprint density at radius 2 is 1.44 bits per heavy atom. The van der Waals surface area contributed by atoms with Gasteiger partial charge in [0.1, 0.15) is 12.6 Å². The van der Waals surface area contributed by atoms with Crippen LogP contribution in [-0.4, -0.2) is 44.8 Å². The second kappa shape index (κ2) is 14.3. The van der Waals surface area contributed by atoms with Crippen molar-refractivity contribution in [1.82, 2.24) is 10.2 Å². The molecule has 0 aliphatic carbocycles. The Kier molecular flexibility index (Phi) is 10.7. The zero-order valence-electron chi connectivity index (χ0n) is 23.5. The Morgan fingerprint density at radius 1 is 0.814 bits per heavy atom. The van der Waals surface area contributed by atoms with E-state index in [0.29, 0.717) is 10.6 Å². The van der Waals surface area contributed by atoms with E-state index < -0.39 is 34.4 Å². The van der Waals surface area contributed by atoms with Crippen LogP contribution in [0.1, 0.15) is 16.7 Å². The highest BCUT2D eigenvalue weighted by molar-refractivity contribution is 7.92. The summed E-state index contributed by atoms with van der Waals surface area (Å²) >= 11 is 18.8. The first-order valence-electron chi connectivity index (χ1n) is 13.3. The molecule has 0 radical (unpaired) electrons. The number of benzene rings is 4. The number of anilines is 1.